The van der Waals surface area contributed by atoms with Gasteiger partial charge in [0.1, 0.15) is 18.2 Å². The van der Waals surface area contributed by atoms with Gasteiger partial charge in [-0.1, -0.05) is 43.3 Å². The molecule has 0 spiro atoms. The summed E-state index contributed by atoms with van der Waals surface area (Å²) < 4.78 is 6.37. The molecule has 1 unspecified atom stereocenters. The quantitative estimate of drug-likeness (QED) is 0.315. The number of ether oxygens (including phenoxy) is 1. The lowest BCUT2D eigenvalue weighted by molar-refractivity contribution is -0.128. The van der Waals surface area contributed by atoms with Crippen molar-refractivity contribution in [1.82, 2.24) is 14.8 Å². The van der Waals surface area contributed by atoms with E-state index in [1.54, 1.807) is 4.90 Å². The molecule has 0 radical (unpaired) electrons. The topological polar surface area (TPSA) is 96.5 Å². The molecule has 0 saturated carbocycles. The van der Waals surface area contributed by atoms with Crippen LogP contribution in [-0.4, -0.2) is 72.6 Å². The molecule has 2 fully saturated rings. The third kappa shape index (κ3) is 5.49. The fourth-order valence-corrected chi connectivity index (χ4v) is 7.48. The summed E-state index contributed by atoms with van der Waals surface area (Å²) in [5, 5.41) is 21.5. The van der Waals surface area contributed by atoms with E-state index in [4.69, 9.17) is 21.3 Å². The summed E-state index contributed by atoms with van der Waals surface area (Å²) in [5.74, 6) is 0.680. The molecule has 0 bridgehead atoms. The number of amides is 1. The second-order valence-electron chi connectivity index (χ2n) is 12.3. The van der Waals surface area contributed by atoms with Gasteiger partial charge in [0.2, 0.25) is 11.8 Å². The highest BCUT2D eigenvalue weighted by Crippen LogP contribution is 2.43. The maximum atomic E-state index is 12.6. The van der Waals surface area contributed by atoms with Crippen LogP contribution in [0.2, 0.25) is 5.02 Å². The lowest BCUT2D eigenvalue weighted by Crippen LogP contribution is -2.55. The molecule has 0 N–H and O–H groups in total. The molecule has 1 aliphatic carbocycles. The number of halogens is 1. The lowest BCUT2D eigenvalue weighted by Gasteiger charge is -2.42. The molecular weight excluding hydrogens is 572 g/mol. The smallest absolute Gasteiger partial charge is 0.246 e. The minimum Gasteiger partial charge on any atom is -0.475 e. The van der Waals surface area contributed by atoms with Crippen LogP contribution in [-0.2, 0) is 17.6 Å². The predicted molar refractivity (Wildman–Crippen MR) is 173 cm³/mol. The number of nitrogens with zero attached hydrogens (tertiary/aromatic N) is 6. The summed E-state index contributed by atoms with van der Waals surface area (Å²) in [6.45, 7) is 8.63. The van der Waals surface area contributed by atoms with E-state index < -0.39 is 0 Å². The van der Waals surface area contributed by atoms with Crippen LogP contribution in [0.1, 0.15) is 42.9 Å². The second kappa shape index (κ2) is 12.5. The van der Waals surface area contributed by atoms with E-state index in [9.17, 15) is 15.3 Å². The first kappa shape index (κ1) is 29.9. The maximum absolute atomic E-state index is 12.6. The molecular formula is C35H37ClN6O2. The van der Waals surface area contributed by atoms with Crippen molar-refractivity contribution in [2.45, 2.75) is 51.1 Å². The number of anilines is 1. The average molecular weight is 609 g/mol. The summed E-state index contributed by atoms with van der Waals surface area (Å²) in [6.07, 6.45) is 5.66. The number of likely N-dealkylation sites (N-methyl/N-ethyl adjacent to an activating group) is 1. The van der Waals surface area contributed by atoms with Crippen molar-refractivity contribution < 1.29 is 9.53 Å². The number of benzene rings is 2. The first-order valence-corrected chi connectivity index (χ1v) is 15.8. The van der Waals surface area contributed by atoms with Crippen molar-refractivity contribution in [3.8, 4) is 29.1 Å². The van der Waals surface area contributed by atoms with E-state index in [0.717, 1.165) is 48.7 Å². The van der Waals surface area contributed by atoms with E-state index in [0.29, 0.717) is 59.8 Å². The number of hydrogen-bond donors (Lipinski definition) is 0. The molecule has 1 amide bonds. The van der Waals surface area contributed by atoms with Gasteiger partial charge in [-0.05, 0) is 80.1 Å². The Morgan fingerprint density at radius 1 is 1.18 bits per heavy atom. The minimum atomic E-state index is -0.353. The van der Waals surface area contributed by atoms with Crippen molar-refractivity contribution in [2.75, 3.05) is 44.7 Å². The van der Waals surface area contributed by atoms with Crippen LogP contribution < -0.4 is 9.64 Å². The molecule has 2 aromatic carbocycles. The Balaban J connectivity index is 1.49. The number of carbonyl (C=O) groups excluding carboxylic acids is 1. The van der Waals surface area contributed by atoms with Crippen LogP contribution in [0.4, 0.5) is 5.69 Å². The summed E-state index contributed by atoms with van der Waals surface area (Å²) in [7, 11) is 2.10. The molecule has 2 saturated heterocycles. The SMILES string of the molecule is C=CC(=O)N1CCN(c2c(C#N)c(OC[C@@H]3CCCN3C)nc3cc(-c4cccc5c4CC(C)C5)c(Cl)cc23)C[C@@H]1CC#N. The van der Waals surface area contributed by atoms with Gasteiger partial charge in [-0.15, -0.1) is 0 Å². The van der Waals surface area contributed by atoms with E-state index in [-0.39, 0.29) is 24.4 Å². The van der Waals surface area contributed by atoms with Crippen molar-refractivity contribution in [3.63, 3.8) is 0 Å². The molecule has 1 aromatic heterocycles. The third-order valence-electron chi connectivity index (χ3n) is 9.48. The minimum absolute atomic E-state index is 0.167. The van der Waals surface area contributed by atoms with E-state index >= 15 is 0 Å². The molecule has 3 aliphatic rings. The lowest BCUT2D eigenvalue weighted by atomic mass is 9.94. The van der Waals surface area contributed by atoms with Crippen LogP contribution >= 0.6 is 11.6 Å². The van der Waals surface area contributed by atoms with Gasteiger partial charge >= 0.3 is 0 Å². The number of aromatic nitrogens is 1. The summed E-state index contributed by atoms with van der Waals surface area (Å²) in [6, 6.07) is 14.9. The molecule has 44 heavy (non-hydrogen) atoms. The summed E-state index contributed by atoms with van der Waals surface area (Å²) >= 11 is 7.07. The van der Waals surface area contributed by atoms with Gasteiger partial charge in [-0.25, -0.2) is 4.98 Å². The molecule has 3 atom stereocenters. The van der Waals surface area contributed by atoms with E-state index in [2.05, 4.69) is 60.7 Å². The highest BCUT2D eigenvalue weighted by molar-refractivity contribution is 6.34. The number of fused-ring (bicyclic) bond motifs is 2. The number of piperazine rings is 1. The standard InChI is InChI=1S/C35H37ClN6O2/c1-4-33(43)42-14-13-41(20-24(42)10-11-37)34-29-17-31(36)28(26-9-5-7-23-15-22(2)16-27(23)26)18-32(29)39-35(30(34)19-38)44-21-25-8-6-12-40(25)3/h4-5,7,9,17-18,22,24-25H,1,6,8,10,12-16,20-21H2,2-3H3/t22?,24-,25-/m0/s1. The Kier molecular flexibility index (Phi) is 8.49. The fourth-order valence-electron chi connectivity index (χ4n) is 7.21. The summed E-state index contributed by atoms with van der Waals surface area (Å²) in [4.78, 5) is 23.6. The van der Waals surface area contributed by atoms with Gasteiger partial charge in [0, 0.05) is 41.6 Å². The number of nitriles is 2. The van der Waals surface area contributed by atoms with Crippen molar-refractivity contribution >= 4 is 34.1 Å². The van der Waals surface area contributed by atoms with Crippen LogP contribution in [0, 0.1) is 28.6 Å². The monoisotopic (exact) mass is 608 g/mol. The molecule has 9 heteroatoms. The fraction of sp³-hybridized carbons (Fsp3) is 0.429. The molecule has 3 heterocycles. The normalized spacial score (nSPS) is 21.6. The van der Waals surface area contributed by atoms with Gasteiger partial charge in [0.05, 0.1) is 29.7 Å². The first-order valence-electron chi connectivity index (χ1n) is 15.4. The number of likely N-dealkylation sites (tertiary alicyclic amines) is 1. The largest absolute Gasteiger partial charge is 0.475 e. The molecule has 226 valence electrons. The van der Waals surface area contributed by atoms with Gasteiger partial charge in [-0.3, -0.25) is 4.79 Å². The van der Waals surface area contributed by atoms with Crippen LogP contribution in [0.5, 0.6) is 5.88 Å². The van der Waals surface area contributed by atoms with E-state index in [1.807, 2.05) is 12.1 Å². The zero-order valence-electron chi connectivity index (χ0n) is 25.4. The van der Waals surface area contributed by atoms with Gasteiger partial charge in [0.15, 0.2) is 0 Å². The van der Waals surface area contributed by atoms with Crippen molar-refractivity contribution in [1.29, 1.82) is 10.5 Å². The molecule has 8 nitrogen and oxygen atoms in total. The molecule has 6 rings (SSSR count). The Hall–Kier alpha value is -4.11. The van der Waals surface area contributed by atoms with Gasteiger partial charge < -0.3 is 19.4 Å². The average Bonchev–Trinajstić information content (AvgIpc) is 3.62. The number of hydrogen-bond acceptors (Lipinski definition) is 7. The van der Waals surface area contributed by atoms with Gasteiger partial charge in [-0.2, -0.15) is 10.5 Å². The van der Waals surface area contributed by atoms with Crippen LogP contribution in [0.3, 0.4) is 0 Å². The van der Waals surface area contributed by atoms with E-state index in [1.165, 1.54) is 17.2 Å². The van der Waals surface area contributed by atoms with Crippen LogP contribution in [0.15, 0.2) is 43.0 Å². The zero-order chi connectivity index (χ0) is 31.0. The molecule has 2 aliphatic heterocycles. The highest BCUT2D eigenvalue weighted by atomic mass is 35.5. The molecule has 3 aromatic rings. The number of rotatable bonds is 7. The zero-order valence-corrected chi connectivity index (χ0v) is 26.1. The van der Waals surface area contributed by atoms with Gasteiger partial charge in [0.25, 0.3) is 0 Å². The maximum Gasteiger partial charge on any atom is 0.246 e. The Bertz CT molecular complexity index is 1710. The third-order valence-corrected chi connectivity index (χ3v) is 9.79. The summed E-state index contributed by atoms with van der Waals surface area (Å²) in [5.41, 5.74) is 6.44. The number of pyridine rings is 1. The first-order chi connectivity index (χ1) is 21.3. The highest BCUT2D eigenvalue weighted by Gasteiger charge is 2.33. The van der Waals surface area contributed by atoms with Crippen LogP contribution in [0.25, 0.3) is 22.0 Å². The van der Waals surface area contributed by atoms with Crippen molar-refractivity contribution in [2.24, 2.45) is 5.92 Å². The Morgan fingerprint density at radius 3 is 2.75 bits per heavy atom. The number of carbonyl (C=O) groups is 1. The Labute approximate surface area is 264 Å². The second-order valence-corrected chi connectivity index (χ2v) is 12.8. The Morgan fingerprint density at radius 2 is 2.02 bits per heavy atom. The predicted octanol–water partition coefficient (Wildman–Crippen LogP) is 5.75. The van der Waals surface area contributed by atoms with Crippen molar-refractivity contribution in [3.05, 3.63) is 64.7 Å².